The zero-order chi connectivity index (χ0) is 12.3. The number of aliphatic hydroxyl groups is 1. The number of hydrogen-bond acceptors (Lipinski definition) is 4. The van der Waals surface area contributed by atoms with Gasteiger partial charge in [-0.25, -0.2) is 4.68 Å². The number of nitrogens with zero attached hydrogens (tertiary/aromatic N) is 3. The van der Waals surface area contributed by atoms with E-state index in [0.29, 0.717) is 13.1 Å². The molecule has 2 aromatic heterocycles. The molecule has 0 aliphatic rings. The van der Waals surface area contributed by atoms with Crippen molar-refractivity contribution in [1.29, 1.82) is 0 Å². The summed E-state index contributed by atoms with van der Waals surface area (Å²) < 4.78 is 1.79. The van der Waals surface area contributed by atoms with Gasteiger partial charge in [0.25, 0.3) is 0 Å². The number of aliphatic hydroxyl groups excluding tert-OH is 1. The van der Waals surface area contributed by atoms with Crippen LogP contribution in [0.3, 0.4) is 0 Å². The summed E-state index contributed by atoms with van der Waals surface area (Å²) in [5.41, 5.74) is 3.10. The SMILES string of the molecule is Cc1nn(CCO)c(NCc2ccn[nH]2)c1C. The highest BCUT2D eigenvalue weighted by atomic mass is 16.3. The summed E-state index contributed by atoms with van der Waals surface area (Å²) >= 11 is 0. The summed E-state index contributed by atoms with van der Waals surface area (Å²) in [6, 6.07) is 1.92. The van der Waals surface area contributed by atoms with Crippen LogP contribution in [-0.4, -0.2) is 31.7 Å². The van der Waals surface area contributed by atoms with Gasteiger partial charge in [-0.3, -0.25) is 5.10 Å². The van der Waals surface area contributed by atoms with Crippen LogP contribution < -0.4 is 5.32 Å². The van der Waals surface area contributed by atoms with Gasteiger partial charge in [-0.05, 0) is 19.9 Å². The van der Waals surface area contributed by atoms with Crippen LogP contribution >= 0.6 is 0 Å². The van der Waals surface area contributed by atoms with Gasteiger partial charge in [0, 0.05) is 11.8 Å². The van der Waals surface area contributed by atoms with Crippen LogP contribution in [0.25, 0.3) is 0 Å². The van der Waals surface area contributed by atoms with Gasteiger partial charge in [0.05, 0.1) is 31.1 Å². The molecule has 0 bridgehead atoms. The highest BCUT2D eigenvalue weighted by Gasteiger charge is 2.10. The number of aromatic nitrogens is 4. The van der Waals surface area contributed by atoms with E-state index < -0.39 is 0 Å². The average molecular weight is 235 g/mol. The van der Waals surface area contributed by atoms with E-state index in [4.69, 9.17) is 5.11 Å². The fourth-order valence-corrected chi connectivity index (χ4v) is 1.71. The first-order valence-electron chi connectivity index (χ1n) is 5.59. The largest absolute Gasteiger partial charge is 0.394 e. The van der Waals surface area contributed by atoms with Crippen molar-refractivity contribution in [3.8, 4) is 0 Å². The molecule has 0 radical (unpaired) electrons. The highest BCUT2D eigenvalue weighted by Crippen LogP contribution is 2.18. The van der Waals surface area contributed by atoms with Gasteiger partial charge in [0.15, 0.2) is 0 Å². The van der Waals surface area contributed by atoms with E-state index in [-0.39, 0.29) is 6.61 Å². The lowest BCUT2D eigenvalue weighted by Crippen LogP contribution is -2.11. The second-order valence-corrected chi connectivity index (χ2v) is 3.94. The molecule has 0 fully saturated rings. The summed E-state index contributed by atoms with van der Waals surface area (Å²) in [4.78, 5) is 0. The van der Waals surface area contributed by atoms with Gasteiger partial charge in [0.1, 0.15) is 5.82 Å². The third kappa shape index (κ3) is 2.47. The predicted molar refractivity (Wildman–Crippen MR) is 64.7 cm³/mol. The monoisotopic (exact) mass is 235 g/mol. The van der Waals surface area contributed by atoms with Crippen molar-refractivity contribution in [3.05, 3.63) is 29.2 Å². The van der Waals surface area contributed by atoms with Crippen molar-refractivity contribution in [1.82, 2.24) is 20.0 Å². The Bertz CT molecular complexity index is 474. The lowest BCUT2D eigenvalue weighted by molar-refractivity contribution is 0.270. The van der Waals surface area contributed by atoms with Crippen LogP contribution in [0.2, 0.25) is 0 Å². The molecule has 2 rings (SSSR count). The topological polar surface area (TPSA) is 78.8 Å². The molecule has 0 saturated carbocycles. The molecule has 0 aliphatic heterocycles. The number of aryl methyl sites for hydroxylation is 1. The molecule has 0 unspecified atom stereocenters. The van der Waals surface area contributed by atoms with Crippen LogP contribution in [0, 0.1) is 13.8 Å². The van der Waals surface area contributed by atoms with Gasteiger partial charge < -0.3 is 10.4 Å². The van der Waals surface area contributed by atoms with Crippen molar-refractivity contribution in [2.24, 2.45) is 0 Å². The number of anilines is 1. The molecule has 2 heterocycles. The predicted octanol–water partition coefficient (Wildman–Crippen LogP) is 0.827. The first-order chi connectivity index (χ1) is 8.22. The molecule has 17 heavy (non-hydrogen) atoms. The Kier molecular flexibility index (Phi) is 3.43. The lowest BCUT2D eigenvalue weighted by atomic mass is 10.3. The fraction of sp³-hybridized carbons (Fsp3) is 0.455. The molecular weight excluding hydrogens is 218 g/mol. The molecule has 3 N–H and O–H groups in total. The third-order valence-electron chi connectivity index (χ3n) is 2.74. The van der Waals surface area contributed by atoms with E-state index in [9.17, 15) is 0 Å². The maximum atomic E-state index is 8.99. The summed E-state index contributed by atoms with van der Waals surface area (Å²) in [6.07, 6.45) is 1.72. The molecule has 0 saturated heterocycles. The quantitative estimate of drug-likeness (QED) is 0.717. The molecule has 0 amide bonds. The Balaban J connectivity index is 2.13. The van der Waals surface area contributed by atoms with Gasteiger partial charge in [-0.2, -0.15) is 10.2 Å². The number of hydrogen-bond donors (Lipinski definition) is 3. The Morgan fingerprint density at radius 3 is 2.94 bits per heavy atom. The van der Waals surface area contributed by atoms with E-state index in [1.165, 1.54) is 0 Å². The maximum absolute atomic E-state index is 8.99. The highest BCUT2D eigenvalue weighted by molar-refractivity contribution is 5.46. The summed E-state index contributed by atoms with van der Waals surface area (Å²) in [7, 11) is 0. The molecule has 0 atom stereocenters. The Morgan fingerprint density at radius 2 is 2.29 bits per heavy atom. The van der Waals surface area contributed by atoms with E-state index in [0.717, 1.165) is 22.8 Å². The minimum atomic E-state index is 0.0826. The maximum Gasteiger partial charge on any atom is 0.127 e. The van der Waals surface area contributed by atoms with Crippen LogP contribution in [-0.2, 0) is 13.1 Å². The molecule has 0 aromatic carbocycles. The number of H-pyrrole nitrogens is 1. The van der Waals surface area contributed by atoms with E-state index in [2.05, 4.69) is 20.6 Å². The minimum Gasteiger partial charge on any atom is -0.394 e. The normalized spacial score (nSPS) is 10.8. The molecule has 0 aliphatic carbocycles. The third-order valence-corrected chi connectivity index (χ3v) is 2.74. The van der Waals surface area contributed by atoms with Gasteiger partial charge in [-0.1, -0.05) is 0 Å². The lowest BCUT2D eigenvalue weighted by Gasteiger charge is -2.09. The fourth-order valence-electron chi connectivity index (χ4n) is 1.71. The van der Waals surface area contributed by atoms with E-state index in [1.807, 2.05) is 19.9 Å². The zero-order valence-electron chi connectivity index (χ0n) is 10.1. The Morgan fingerprint density at radius 1 is 1.47 bits per heavy atom. The number of nitrogens with one attached hydrogen (secondary N) is 2. The van der Waals surface area contributed by atoms with E-state index in [1.54, 1.807) is 10.9 Å². The second kappa shape index (κ2) is 5.01. The summed E-state index contributed by atoms with van der Waals surface area (Å²) in [6.45, 7) is 5.23. The Labute approximate surface area is 99.7 Å². The molecular formula is C11H17N5O. The number of rotatable bonds is 5. The smallest absolute Gasteiger partial charge is 0.127 e. The Hall–Kier alpha value is -1.82. The molecule has 2 aromatic rings. The summed E-state index contributed by atoms with van der Waals surface area (Å²) in [5, 5.41) is 23.5. The zero-order valence-corrected chi connectivity index (χ0v) is 10.1. The first-order valence-corrected chi connectivity index (χ1v) is 5.59. The standard InChI is InChI=1S/C11H17N5O/c1-8-9(2)15-16(5-6-17)11(8)12-7-10-3-4-13-14-10/h3-4,12,17H,5-7H2,1-2H3,(H,13,14). The van der Waals surface area contributed by atoms with Gasteiger partial charge in [-0.15, -0.1) is 0 Å². The van der Waals surface area contributed by atoms with Crippen LogP contribution in [0.4, 0.5) is 5.82 Å². The first kappa shape index (κ1) is 11.7. The van der Waals surface area contributed by atoms with Crippen LogP contribution in [0.1, 0.15) is 17.0 Å². The van der Waals surface area contributed by atoms with Crippen molar-refractivity contribution < 1.29 is 5.11 Å². The van der Waals surface area contributed by atoms with Crippen molar-refractivity contribution >= 4 is 5.82 Å². The second-order valence-electron chi connectivity index (χ2n) is 3.94. The van der Waals surface area contributed by atoms with Crippen molar-refractivity contribution in [2.75, 3.05) is 11.9 Å². The molecule has 6 heteroatoms. The minimum absolute atomic E-state index is 0.0826. The van der Waals surface area contributed by atoms with E-state index >= 15 is 0 Å². The number of aromatic amines is 1. The summed E-state index contributed by atoms with van der Waals surface area (Å²) in [5.74, 6) is 0.950. The molecule has 92 valence electrons. The van der Waals surface area contributed by atoms with Gasteiger partial charge in [0.2, 0.25) is 0 Å². The average Bonchev–Trinajstić information content (AvgIpc) is 2.89. The van der Waals surface area contributed by atoms with Crippen LogP contribution in [0.15, 0.2) is 12.3 Å². The van der Waals surface area contributed by atoms with Gasteiger partial charge >= 0.3 is 0 Å². The molecule has 0 spiro atoms. The molecule has 6 nitrogen and oxygen atoms in total. The van der Waals surface area contributed by atoms with Crippen molar-refractivity contribution in [2.45, 2.75) is 26.9 Å². The van der Waals surface area contributed by atoms with Crippen LogP contribution in [0.5, 0.6) is 0 Å². The van der Waals surface area contributed by atoms with Crippen molar-refractivity contribution in [3.63, 3.8) is 0 Å².